The van der Waals surface area contributed by atoms with E-state index in [1.54, 1.807) is 4.90 Å². The fourth-order valence-electron chi connectivity index (χ4n) is 3.73. The fraction of sp³-hybridized carbons (Fsp3) is 0.261. The molecule has 7 heteroatoms. The van der Waals surface area contributed by atoms with Gasteiger partial charge in [0, 0.05) is 38.9 Å². The number of hydrogen-bond acceptors (Lipinski definition) is 3. The van der Waals surface area contributed by atoms with Crippen LogP contribution in [0.1, 0.15) is 21.6 Å². The molecule has 6 nitrogen and oxygen atoms in total. The second kappa shape index (κ2) is 8.85. The maximum absolute atomic E-state index is 13.1. The molecule has 1 aliphatic heterocycles. The lowest BCUT2D eigenvalue weighted by molar-refractivity contribution is 0.0687. The van der Waals surface area contributed by atoms with Crippen LogP contribution in [0.4, 0.5) is 0 Å². The number of amides is 1. The molecule has 30 heavy (non-hydrogen) atoms. The standard InChI is InChI=1S/C23H25N3O3S/c27-23(22-12-7-13-25(22)18-20-8-3-1-4-9-20)24-14-16-26(17-15-24)30(28,29)19-21-10-5-2-6-11-21/h1-13H,14-19H2. The van der Waals surface area contributed by atoms with Gasteiger partial charge in [0.2, 0.25) is 10.0 Å². The van der Waals surface area contributed by atoms with Gasteiger partial charge < -0.3 is 9.47 Å². The summed E-state index contributed by atoms with van der Waals surface area (Å²) in [6, 6.07) is 22.9. The third-order valence-electron chi connectivity index (χ3n) is 5.36. The Kier molecular flexibility index (Phi) is 6.01. The van der Waals surface area contributed by atoms with E-state index >= 15 is 0 Å². The summed E-state index contributed by atoms with van der Waals surface area (Å²) in [6.07, 6.45) is 1.90. The Labute approximate surface area is 177 Å². The second-order valence-corrected chi connectivity index (χ2v) is 9.41. The summed E-state index contributed by atoms with van der Waals surface area (Å²) in [4.78, 5) is 14.8. The first kappa shape index (κ1) is 20.4. The number of carbonyl (C=O) groups excluding carboxylic acids is 1. The minimum absolute atomic E-state index is 0.0122. The van der Waals surface area contributed by atoms with Gasteiger partial charge in [-0.25, -0.2) is 8.42 Å². The summed E-state index contributed by atoms with van der Waals surface area (Å²) in [5.74, 6) is -0.0714. The Balaban J connectivity index is 1.39. The predicted octanol–water partition coefficient (Wildman–Crippen LogP) is 2.82. The minimum atomic E-state index is -3.40. The highest BCUT2D eigenvalue weighted by Gasteiger charge is 2.30. The summed E-state index contributed by atoms with van der Waals surface area (Å²) in [6.45, 7) is 2.05. The van der Waals surface area contributed by atoms with Crippen molar-refractivity contribution < 1.29 is 13.2 Å². The lowest BCUT2D eigenvalue weighted by Crippen LogP contribution is -2.51. The largest absolute Gasteiger partial charge is 0.339 e. The molecule has 1 fully saturated rings. The quantitative estimate of drug-likeness (QED) is 0.613. The van der Waals surface area contributed by atoms with Crippen LogP contribution in [0.3, 0.4) is 0 Å². The van der Waals surface area contributed by atoms with Crippen molar-refractivity contribution in [1.82, 2.24) is 13.8 Å². The molecule has 0 unspecified atom stereocenters. The van der Waals surface area contributed by atoms with Gasteiger partial charge in [0.05, 0.1) is 5.75 Å². The van der Waals surface area contributed by atoms with E-state index in [9.17, 15) is 13.2 Å². The number of piperazine rings is 1. The first-order valence-corrected chi connectivity index (χ1v) is 11.6. The van der Waals surface area contributed by atoms with Crippen molar-refractivity contribution in [2.45, 2.75) is 12.3 Å². The summed E-state index contributed by atoms with van der Waals surface area (Å²) < 4.78 is 28.9. The smallest absolute Gasteiger partial charge is 0.270 e. The summed E-state index contributed by atoms with van der Waals surface area (Å²) in [5.41, 5.74) is 2.52. The summed E-state index contributed by atoms with van der Waals surface area (Å²) in [5, 5.41) is 0. The summed E-state index contributed by atoms with van der Waals surface area (Å²) in [7, 11) is -3.40. The summed E-state index contributed by atoms with van der Waals surface area (Å²) >= 11 is 0. The van der Waals surface area contributed by atoms with E-state index in [2.05, 4.69) is 0 Å². The van der Waals surface area contributed by atoms with Gasteiger partial charge in [0.15, 0.2) is 0 Å². The van der Waals surface area contributed by atoms with Crippen LogP contribution >= 0.6 is 0 Å². The van der Waals surface area contributed by atoms with E-state index < -0.39 is 10.0 Å². The van der Waals surface area contributed by atoms with E-state index in [4.69, 9.17) is 0 Å². The van der Waals surface area contributed by atoms with Crippen molar-refractivity contribution in [1.29, 1.82) is 0 Å². The molecule has 2 heterocycles. The van der Waals surface area contributed by atoms with Crippen LogP contribution < -0.4 is 0 Å². The van der Waals surface area contributed by atoms with Crippen molar-refractivity contribution in [3.05, 3.63) is 95.8 Å². The normalized spacial score (nSPS) is 15.3. The van der Waals surface area contributed by atoms with Gasteiger partial charge in [0.25, 0.3) is 5.91 Å². The van der Waals surface area contributed by atoms with Gasteiger partial charge >= 0.3 is 0 Å². The molecule has 3 aromatic rings. The Morgan fingerprint density at radius 3 is 2.00 bits per heavy atom. The molecular weight excluding hydrogens is 398 g/mol. The molecule has 1 aliphatic rings. The molecule has 0 bridgehead atoms. The Hall–Kier alpha value is -2.90. The Morgan fingerprint density at radius 1 is 0.767 bits per heavy atom. The number of nitrogens with zero attached hydrogens (tertiary/aromatic N) is 3. The van der Waals surface area contributed by atoms with Gasteiger partial charge in [-0.3, -0.25) is 4.79 Å². The first-order valence-electron chi connectivity index (χ1n) is 10.0. The van der Waals surface area contributed by atoms with Crippen molar-refractivity contribution in [2.75, 3.05) is 26.2 Å². The van der Waals surface area contributed by atoms with Gasteiger partial charge in [-0.2, -0.15) is 4.31 Å². The highest BCUT2D eigenvalue weighted by Crippen LogP contribution is 2.16. The molecule has 0 atom stereocenters. The molecule has 2 aromatic carbocycles. The van der Waals surface area contributed by atoms with Crippen LogP contribution in [0, 0.1) is 0 Å². The fourth-order valence-corrected chi connectivity index (χ4v) is 5.25. The predicted molar refractivity (Wildman–Crippen MR) is 117 cm³/mol. The van der Waals surface area contributed by atoms with Crippen LogP contribution in [0.25, 0.3) is 0 Å². The molecule has 0 radical (unpaired) electrons. The number of sulfonamides is 1. The molecule has 1 aromatic heterocycles. The highest BCUT2D eigenvalue weighted by atomic mass is 32.2. The third-order valence-corrected chi connectivity index (χ3v) is 7.21. The van der Waals surface area contributed by atoms with Crippen LogP contribution in [-0.4, -0.2) is 54.3 Å². The zero-order valence-electron chi connectivity index (χ0n) is 16.7. The lowest BCUT2D eigenvalue weighted by Gasteiger charge is -2.34. The number of benzene rings is 2. The van der Waals surface area contributed by atoms with E-state index in [1.807, 2.05) is 83.6 Å². The van der Waals surface area contributed by atoms with E-state index in [-0.39, 0.29) is 11.7 Å². The van der Waals surface area contributed by atoms with Crippen molar-refractivity contribution in [3.8, 4) is 0 Å². The molecule has 4 rings (SSSR count). The maximum atomic E-state index is 13.1. The molecule has 1 saturated heterocycles. The lowest BCUT2D eigenvalue weighted by atomic mass is 10.2. The Morgan fingerprint density at radius 2 is 1.37 bits per heavy atom. The van der Waals surface area contributed by atoms with Crippen molar-refractivity contribution >= 4 is 15.9 Å². The van der Waals surface area contributed by atoms with Crippen molar-refractivity contribution in [3.63, 3.8) is 0 Å². The molecule has 0 N–H and O–H groups in total. The first-order chi connectivity index (χ1) is 14.5. The van der Waals surface area contributed by atoms with Gasteiger partial charge in [-0.15, -0.1) is 0 Å². The van der Waals surface area contributed by atoms with Crippen LogP contribution in [-0.2, 0) is 22.3 Å². The van der Waals surface area contributed by atoms with Crippen LogP contribution in [0.15, 0.2) is 79.0 Å². The van der Waals surface area contributed by atoms with Crippen LogP contribution in [0.5, 0.6) is 0 Å². The molecule has 1 amide bonds. The highest BCUT2D eigenvalue weighted by molar-refractivity contribution is 7.88. The maximum Gasteiger partial charge on any atom is 0.270 e. The average Bonchev–Trinajstić information content (AvgIpc) is 3.22. The van der Waals surface area contributed by atoms with Gasteiger partial charge in [-0.05, 0) is 23.3 Å². The molecule has 0 aliphatic carbocycles. The van der Waals surface area contributed by atoms with Crippen molar-refractivity contribution in [2.24, 2.45) is 0 Å². The Bertz CT molecular complexity index is 1090. The minimum Gasteiger partial charge on any atom is -0.339 e. The molecular formula is C23H25N3O3S. The van der Waals surface area contributed by atoms with Crippen LogP contribution in [0.2, 0.25) is 0 Å². The molecule has 0 saturated carbocycles. The topological polar surface area (TPSA) is 62.6 Å². The number of hydrogen-bond donors (Lipinski definition) is 0. The molecule has 156 valence electrons. The second-order valence-electron chi connectivity index (χ2n) is 7.44. The zero-order valence-corrected chi connectivity index (χ0v) is 17.5. The van der Waals surface area contributed by atoms with E-state index in [0.717, 1.165) is 11.1 Å². The molecule has 0 spiro atoms. The SMILES string of the molecule is O=C(c1cccn1Cc1ccccc1)N1CCN(S(=O)(=O)Cc2ccccc2)CC1. The zero-order chi connectivity index (χ0) is 21.0. The average molecular weight is 424 g/mol. The monoisotopic (exact) mass is 423 g/mol. The van der Waals surface area contributed by atoms with Gasteiger partial charge in [-0.1, -0.05) is 60.7 Å². The number of carbonyl (C=O) groups is 1. The number of rotatable bonds is 6. The van der Waals surface area contributed by atoms with Gasteiger partial charge in [0.1, 0.15) is 5.69 Å². The third kappa shape index (κ3) is 4.63. The number of aromatic nitrogens is 1. The van der Waals surface area contributed by atoms with E-state index in [0.29, 0.717) is 38.4 Å². The van der Waals surface area contributed by atoms with E-state index in [1.165, 1.54) is 4.31 Å².